The van der Waals surface area contributed by atoms with Crippen LogP contribution < -0.4 is 5.32 Å². The normalized spacial score (nSPS) is 16.9. The number of piperazine rings is 1. The Labute approximate surface area is 166 Å². The summed E-state index contributed by atoms with van der Waals surface area (Å²) in [7, 11) is -3.48. The van der Waals surface area contributed by atoms with Gasteiger partial charge < -0.3 is 10.2 Å². The molecule has 3 rings (SSSR count). The van der Waals surface area contributed by atoms with Crippen molar-refractivity contribution < 1.29 is 18.0 Å². The third-order valence-electron chi connectivity index (χ3n) is 4.32. The fourth-order valence-electron chi connectivity index (χ4n) is 2.98. The van der Waals surface area contributed by atoms with E-state index in [-0.39, 0.29) is 37.4 Å². The molecule has 2 aromatic heterocycles. The lowest BCUT2D eigenvalue weighted by atomic mass is 10.1. The Morgan fingerprint density at radius 3 is 2.33 bits per heavy atom. The van der Waals surface area contributed by atoms with Crippen molar-refractivity contribution in [2.45, 2.75) is 23.6 Å². The van der Waals surface area contributed by atoms with Crippen LogP contribution in [0.4, 0.5) is 0 Å². The van der Waals surface area contributed by atoms with E-state index in [1.54, 1.807) is 22.4 Å². The maximum atomic E-state index is 12.7. The van der Waals surface area contributed by atoms with Crippen LogP contribution >= 0.6 is 22.7 Å². The Balaban J connectivity index is 1.60. The van der Waals surface area contributed by atoms with Crippen molar-refractivity contribution in [2.75, 3.05) is 26.2 Å². The van der Waals surface area contributed by atoms with E-state index in [0.717, 1.165) is 4.88 Å². The summed E-state index contributed by atoms with van der Waals surface area (Å²) in [5.74, 6) is -0.275. The molecule has 1 atom stereocenters. The Morgan fingerprint density at radius 2 is 1.78 bits per heavy atom. The summed E-state index contributed by atoms with van der Waals surface area (Å²) < 4.78 is 26.9. The monoisotopic (exact) mass is 427 g/mol. The molecule has 0 radical (unpaired) electrons. The van der Waals surface area contributed by atoms with Crippen LogP contribution in [0.25, 0.3) is 0 Å². The predicted molar refractivity (Wildman–Crippen MR) is 105 cm³/mol. The molecule has 27 heavy (non-hydrogen) atoms. The Morgan fingerprint density at radius 1 is 1.11 bits per heavy atom. The first-order valence-corrected chi connectivity index (χ1v) is 11.7. The van der Waals surface area contributed by atoms with Gasteiger partial charge in [0, 0.05) is 38.0 Å². The van der Waals surface area contributed by atoms with E-state index in [1.807, 2.05) is 17.5 Å². The van der Waals surface area contributed by atoms with Gasteiger partial charge >= 0.3 is 0 Å². The van der Waals surface area contributed by atoms with Crippen molar-refractivity contribution in [1.82, 2.24) is 14.5 Å². The molecule has 2 amide bonds. The summed E-state index contributed by atoms with van der Waals surface area (Å²) in [5.41, 5.74) is 0. The van der Waals surface area contributed by atoms with Crippen molar-refractivity contribution in [3.05, 3.63) is 39.9 Å². The highest BCUT2D eigenvalue weighted by Gasteiger charge is 2.31. The van der Waals surface area contributed by atoms with E-state index in [2.05, 4.69) is 5.32 Å². The van der Waals surface area contributed by atoms with E-state index < -0.39 is 10.0 Å². The standard InChI is InChI=1S/C17H21N3O4S3/c1-13(21)18-14(15-4-2-10-25-15)12-16(22)19-6-8-20(9-7-19)27(23,24)17-5-3-11-26-17/h2-5,10-11,14H,6-9,12H2,1H3,(H,18,21)/t14-/m1/s1. The second kappa shape index (κ2) is 8.51. The fraction of sp³-hybridized carbons (Fsp3) is 0.412. The molecule has 1 aliphatic heterocycles. The van der Waals surface area contributed by atoms with Crippen LogP contribution in [0.15, 0.2) is 39.2 Å². The molecular weight excluding hydrogens is 406 g/mol. The highest BCUT2D eigenvalue weighted by atomic mass is 32.2. The summed E-state index contributed by atoms with van der Waals surface area (Å²) in [6.45, 7) is 2.67. The Kier molecular flexibility index (Phi) is 6.30. The lowest BCUT2D eigenvalue weighted by Crippen LogP contribution is -2.50. The van der Waals surface area contributed by atoms with Crippen LogP contribution in [-0.4, -0.2) is 55.6 Å². The number of hydrogen-bond acceptors (Lipinski definition) is 6. The number of nitrogens with one attached hydrogen (secondary N) is 1. The highest BCUT2D eigenvalue weighted by molar-refractivity contribution is 7.91. The van der Waals surface area contributed by atoms with Gasteiger partial charge in [-0.1, -0.05) is 12.1 Å². The quantitative estimate of drug-likeness (QED) is 0.763. The predicted octanol–water partition coefficient (Wildman–Crippen LogP) is 1.91. The second-order valence-electron chi connectivity index (χ2n) is 6.19. The molecular formula is C17H21N3O4S3. The number of sulfonamides is 1. The van der Waals surface area contributed by atoms with Gasteiger partial charge in [0.25, 0.3) is 10.0 Å². The van der Waals surface area contributed by atoms with E-state index in [4.69, 9.17) is 0 Å². The van der Waals surface area contributed by atoms with E-state index in [1.165, 1.54) is 33.9 Å². The second-order valence-corrected chi connectivity index (χ2v) is 10.3. The molecule has 2 aromatic rings. The highest BCUT2D eigenvalue weighted by Crippen LogP contribution is 2.25. The van der Waals surface area contributed by atoms with Gasteiger partial charge in [-0.15, -0.1) is 22.7 Å². The molecule has 1 aliphatic rings. The van der Waals surface area contributed by atoms with Crippen molar-refractivity contribution in [3.8, 4) is 0 Å². The number of thiophene rings is 2. The molecule has 0 aliphatic carbocycles. The average Bonchev–Trinajstić information content (AvgIpc) is 3.34. The number of amides is 2. The van der Waals surface area contributed by atoms with Gasteiger partial charge in [0.2, 0.25) is 11.8 Å². The molecule has 1 fully saturated rings. The minimum Gasteiger partial charge on any atom is -0.348 e. The SMILES string of the molecule is CC(=O)N[C@H](CC(=O)N1CCN(S(=O)(=O)c2cccs2)CC1)c1cccs1. The van der Waals surface area contributed by atoms with Gasteiger partial charge in [0.15, 0.2) is 0 Å². The number of rotatable bonds is 6. The minimum absolute atomic E-state index is 0.0877. The maximum absolute atomic E-state index is 12.7. The van der Waals surface area contributed by atoms with Gasteiger partial charge in [-0.2, -0.15) is 4.31 Å². The van der Waals surface area contributed by atoms with Gasteiger partial charge in [0.05, 0.1) is 12.5 Å². The van der Waals surface area contributed by atoms with Crippen molar-refractivity contribution >= 4 is 44.5 Å². The molecule has 0 bridgehead atoms. The first-order chi connectivity index (χ1) is 12.9. The van der Waals surface area contributed by atoms with E-state index in [0.29, 0.717) is 17.3 Å². The molecule has 10 heteroatoms. The number of hydrogen-bond donors (Lipinski definition) is 1. The lowest BCUT2D eigenvalue weighted by molar-refractivity contribution is -0.133. The summed E-state index contributed by atoms with van der Waals surface area (Å²) >= 11 is 2.69. The van der Waals surface area contributed by atoms with Crippen LogP contribution in [0.5, 0.6) is 0 Å². The summed E-state index contributed by atoms with van der Waals surface area (Å²) in [5, 5.41) is 6.46. The van der Waals surface area contributed by atoms with Crippen molar-refractivity contribution in [2.24, 2.45) is 0 Å². The summed E-state index contributed by atoms with van der Waals surface area (Å²) in [6.07, 6.45) is 0.164. The van der Waals surface area contributed by atoms with Gasteiger partial charge in [-0.3, -0.25) is 9.59 Å². The number of carbonyl (C=O) groups is 2. The molecule has 1 N–H and O–H groups in total. The van der Waals surface area contributed by atoms with Crippen LogP contribution in [-0.2, 0) is 19.6 Å². The molecule has 3 heterocycles. The minimum atomic E-state index is -3.48. The van der Waals surface area contributed by atoms with Crippen LogP contribution in [0.1, 0.15) is 24.3 Å². The smallest absolute Gasteiger partial charge is 0.252 e. The van der Waals surface area contributed by atoms with Crippen LogP contribution in [0.2, 0.25) is 0 Å². The first-order valence-electron chi connectivity index (χ1n) is 8.50. The molecule has 0 unspecified atom stereocenters. The van der Waals surface area contributed by atoms with Crippen LogP contribution in [0, 0.1) is 0 Å². The fourth-order valence-corrected chi connectivity index (χ4v) is 6.32. The van der Waals surface area contributed by atoms with Crippen molar-refractivity contribution in [3.63, 3.8) is 0 Å². The lowest BCUT2D eigenvalue weighted by Gasteiger charge is -2.34. The number of nitrogens with zero attached hydrogens (tertiary/aromatic N) is 2. The Bertz CT molecular complexity index is 871. The molecule has 0 spiro atoms. The largest absolute Gasteiger partial charge is 0.348 e. The molecule has 1 saturated heterocycles. The van der Waals surface area contributed by atoms with Crippen molar-refractivity contribution in [1.29, 1.82) is 0 Å². The molecule has 0 saturated carbocycles. The van der Waals surface area contributed by atoms with Gasteiger partial charge in [0.1, 0.15) is 4.21 Å². The third kappa shape index (κ3) is 4.75. The van der Waals surface area contributed by atoms with Gasteiger partial charge in [-0.05, 0) is 22.9 Å². The van der Waals surface area contributed by atoms with E-state index >= 15 is 0 Å². The maximum Gasteiger partial charge on any atom is 0.252 e. The van der Waals surface area contributed by atoms with Crippen LogP contribution in [0.3, 0.4) is 0 Å². The molecule has 0 aromatic carbocycles. The first kappa shape index (κ1) is 20.0. The number of carbonyl (C=O) groups excluding carboxylic acids is 2. The zero-order valence-corrected chi connectivity index (χ0v) is 17.3. The third-order valence-corrected chi connectivity index (χ3v) is 8.58. The summed E-state index contributed by atoms with van der Waals surface area (Å²) in [6, 6.07) is 6.72. The zero-order valence-electron chi connectivity index (χ0n) is 14.8. The van der Waals surface area contributed by atoms with E-state index in [9.17, 15) is 18.0 Å². The zero-order chi connectivity index (χ0) is 19.4. The Hall–Kier alpha value is -1.75. The summed E-state index contributed by atoms with van der Waals surface area (Å²) in [4.78, 5) is 26.8. The topological polar surface area (TPSA) is 86.8 Å². The molecule has 146 valence electrons. The van der Waals surface area contributed by atoms with Gasteiger partial charge in [-0.25, -0.2) is 8.42 Å². The molecule has 7 nitrogen and oxygen atoms in total. The average molecular weight is 428 g/mol.